The molecule has 0 unspecified atom stereocenters. The van der Waals surface area contributed by atoms with Gasteiger partial charge in [0.25, 0.3) is 5.56 Å². The molecule has 0 bridgehead atoms. The smallest absolute Gasteiger partial charge is 0.277 e. The number of benzene rings is 2. The number of fused-ring (bicyclic) bond motifs is 1. The number of anilines is 1. The summed E-state index contributed by atoms with van der Waals surface area (Å²) in [5.41, 5.74) is 5.40. The van der Waals surface area contributed by atoms with E-state index in [0.717, 1.165) is 40.7 Å². The van der Waals surface area contributed by atoms with Crippen LogP contribution in [-0.4, -0.2) is 26.1 Å². The molecule has 0 atom stereocenters. The Morgan fingerprint density at radius 2 is 1.95 bits per heavy atom. The van der Waals surface area contributed by atoms with Gasteiger partial charge in [-0.2, -0.15) is 0 Å². The van der Waals surface area contributed by atoms with E-state index < -0.39 is 5.82 Å². The first-order chi connectivity index (χ1) is 19.5. The zero-order valence-electron chi connectivity index (χ0n) is 22.7. The summed E-state index contributed by atoms with van der Waals surface area (Å²) in [5.74, 6) is -0.129. The van der Waals surface area contributed by atoms with Gasteiger partial charge >= 0.3 is 0 Å². The van der Waals surface area contributed by atoms with Crippen LogP contribution in [0.2, 0.25) is 0 Å². The van der Waals surface area contributed by atoms with Gasteiger partial charge in [0.15, 0.2) is 0 Å². The highest BCUT2D eigenvalue weighted by Crippen LogP contribution is 2.23. The second-order valence-corrected chi connectivity index (χ2v) is 9.81. The summed E-state index contributed by atoms with van der Waals surface area (Å²) >= 11 is 0. The van der Waals surface area contributed by atoms with Gasteiger partial charge in [-0.15, -0.1) is 0 Å². The predicted molar refractivity (Wildman–Crippen MR) is 159 cm³/mol. The minimum absolute atomic E-state index is 0.215. The number of nitrogens with zero attached hydrogens (tertiary/aromatic N) is 3. The van der Waals surface area contributed by atoms with Gasteiger partial charge < -0.3 is 15.6 Å². The molecule has 0 aliphatic carbocycles. The molecule has 0 aliphatic heterocycles. The number of H-pyrrole nitrogens is 1. The summed E-state index contributed by atoms with van der Waals surface area (Å²) in [6, 6.07) is 19.1. The van der Waals surface area contributed by atoms with Crippen molar-refractivity contribution in [2.45, 2.75) is 39.8 Å². The molecule has 0 saturated carbocycles. The van der Waals surface area contributed by atoms with Crippen LogP contribution < -0.4 is 16.2 Å². The lowest BCUT2D eigenvalue weighted by molar-refractivity contribution is 0.620. The van der Waals surface area contributed by atoms with Crippen molar-refractivity contribution in [3.8, 4) is 11.4 Å². The van der Waals surface area contributed by atoms with Crippen LogP contribution in [0.5, 0.6) is 0 Å². The third kappa shape index (κ3) is 6.29. The van der Waals surface area contributed by atoms with Crippen LogP contribution in [-0.2, 0) is 19.5 Å². The van der Waals surface area contributed by atoms with Crippen LogP contribution in [0.4, 0.5) is 10.1 Å². The van der Waals surface area contributed by atoms with Crippen LogP contribution in [0.1, 0.15) is 30.2 Å². The Labute approximate surface area is 232 Å². The van der Waals surface area contributed by atoms with Crippen molar-refractivity contribution in [3.05, 3.63) is 124 Å². The van der Waals surface area contributed by atoms with Gasteiger partial charge in [0, 0.05) is 41.2 Å². The Morgan fingerprint density at radius 1 is 1.10 bits per heavy atom. The summed E-state index contributed by atoms with van der Waals surface area (Å²) in [7, 11) is 0. The van der Waals surface area contributed by atoms with Gasteiger partial charge in [0.05, 0.1) is 24.8 Å². The van der Waals surface area contributed by atoms with E-state index in [4.69, 9.17) is 0 Å². The molecule has 204 valence electrons. The Morgan fingerprint density at radius 3 is 2.75 bits per heavy atom. The monoisotopic (exact) mass is 536 g/mol. The fourth-order valence-electron chi connectivity index (χ4n) is 4.70. The van der Waals surface area contributed by atoms with Gasteiger partial charge in [-0.25, -0.2) is 9.37 Å². The molecule has 8 heteroatoms. The van der Waals surface area contributed by atoms with E-state index >= 15 is 0 Å². The molecule has 3 heterocycles. The van der Waals surface area contributed by atoms with Crippen molar-refractivity contribution < 1.29 is 4.39 Å². The lowest BCUT2D eigenvalue weighted by atomic mass is 10.1. The van der Waals surface area contributed by atoms with Gasteiger partial charge in [-0.1, -0.05) is 48.0 Å². The lowest BCUT2D eigenvalue weighted by Crippen LogP contribution is -2.30. The lowest BCUT2D eigenvalue weighted by Gasteiger charge is -2.18. The molecule has 7 nitrogen and oxygen atoms in total. The minimum atomic E-state index is -0.420. The quantitative estimate of drug-likeness (QED) is 0.181. The van der Waals surface area contributed by atoms with E-state index in [0.29, 0.717) is 30.2 Å². The molecule has 5 aromatic rings. The molecule has 3 aromatic heterocycles. The first-order valence-electron chi connectivity index (χ1n) is 13.5. The normalized spacial score (nSPS) is 11.6. The summed E-state index contributed by atoms with van der Waals surface area (Å²) in [4.78, 5) is 25.9. The molecule has 0 amide bonds. The summed E-state index contributed by atoms with van der Waals surface area (Å²) in [6.45, 7) is 5.17. The second-order valence-electron chi connectivity index (χ2n) is 9.81. The van der Waals surface area contributed by atoms with Gasteiger partial charge in [-0.3, -0.25) is 14.3 Å². The highest BCUT2D eigenvalue weighted by Gasteiger charge is 2.17. The summed E-state index contributed by atoms with van der Waals surface area (Å²) in [5, 5.41) is 7.71. The van der Waals surface area contributed by atoms with Crippen molar-refractivity contribution in [1.29, 1.82) is 0 Å². The Balaban J connectivity index is 1.38. The highest BCUT2D eigenvalue weighted by atomic mass is 19.1. The molecule has 3 N–H and O–H groups in total. The van der Waals surface area contributed by atoms with E-state index in [1.165, 1.54) is 22.4 Å². The number of aryl methyl sites for hydroxylation is 2. The van der Waals surface area contributed by atoms with E-state index in [2.05, 4.69) is 37.7 Å². The third-order valence-corrected chi connectivity index (χ3v) is 6.87. The largest absolute Gasteiger partial charge is 0.382 e. The number of hydrogen-bond donors (Lipinski definition) is 3. The van der Waals surface area contributed by atoms with E-state index in [1.54, 1.807) is 18.3 Å². The van der Waals surface area contributed by atoms with Crippen molar-refractivity contribution >= 4 is 16.6 Å². The van der Waals surface area contributed by atoms with Gasteiger partial charge in [-0.05, 0) is 56.5 Å². The molecular formula is C32H33FN6O. The third-order valence-electron chi connectivity index (χ3n) is 6.87. The van der Waals surface area contributed by atoms with Crippen LogP contribution >= 0.6 is 0 Å². The molecule has 0 saturated heterocycles. The van der Waals surface area contributed by atoms with E-state index in [9.17, 15) is 9.18 Å². The van der Waals surface area contributed by atoms with Crippen molar-refractivity contribution in [2.24, 2.45) is 0 Å². The number of nitrogens with one attached hydrogen (secondary N) is 3. The minimum Gasteiger partial charge on any atom is -0.382 e. The summed E-state index contributed by atoms with van der Waals surface area (Å²) in [6.07, 6.45) is 8.77. The van der Waals surface area contributed by atoms with Gasteiger partial charge in [0.1, 0.15) is 17.3 Å². The van der Waals surface area contributed by atoms with Crippen molar-refractivity contribution in [2.75, 3.05) is 11.9 Å². The molecule has 0 radical (unpaired) electrons. The van der Waals surface area contributed by atoms with Crippen LogP contribution in [0.3, 0.4) is 0 Å². The molecule has 40 heavy (non-hydrogen) atoms. The molecule has 0 fully saturated rings. The highest BCUT2D eigenvalue weighted by molar-refractivity contribution is 5.79. The molecule has 0 spiro atoms. The van der Waals surface area contributed by atoms with Crippen LogP contribution in [0.25, 0.3) is 22.3 Å². The number of aromatic nitrogens is 4. The maximum Gasteiger partial charge on any atom is 0.277 e. The molecule has 5 rings (SSSR count). The Bertz CT molecular complexity index is 1660. The number of rotatable bonds is 11. The number of allylic oxidation sites excluding steroid dienone is 2. The first-order valence-corrected chi connectivity index (χ1v) is 13.5. The van der Waals surface area contributed by atoms with Crippen LogP contribution in [0.15, 0.2) is 95.8 Å². The maximum atomic E-state index is 15.0. The molecular weight excluding hydrogens is 503 g/mol. The number of hydrogen-bond acceptors (Lipinski definition) is 5. The zero-order chi connectivity index (χ0) is 27.9. The topological polar surface area (TPSA) is 87.6 Å². The van der Waals surface area contributed by atoms with Gasteiger partial charge in [0.2, 0.25) is 0 Å². The average Bonchev–Trinajstić information content (AvgIpc) is 3.40. The average molecular weight is 537 g/mol. The Kier molecular flexibility index (Phi) is 8.35. The maximum absolute atomic E-state index is 15.0. The van der Waals surface area contributed by atoms with Crippen molar-refractivity contribution in [3.63, 3.8) is 0 Å². The van der Waals surface area contributed by atoms with Crippen molar-refractivity contribution in [1.82, 2.24) is 24.8 Å². The fourth-order valence-corrected chi connectivity index (χ4v) is 4.70. The number of aromatic amines is 1. The standard InChI is InChI=1S/C32H33FN6O/c1-3-25(36-19-26-17-24-18-34-15-13-29(24)38-26)21-39-31(27-16-22(2)11-12-28(27)33)37-20-30(32(39)40)35-14-7-10-23-8-5-4-6-9-23/h3-6,8-9,11-13,15-18,20,35-36,38H,7,10,14,19,21H2,1-2H3/b25-3-. The first kappa shape index (κ1) is 26.9. The molecule has 0 aliphatic rings. The van der Waals surface area contributed by atoms with Crippen LogP contribution in [0, 0.1) is 12.7 Å². The zero-order valence-corrected chi connectivity index (χ0v) is 22.7. The fraction of sp³-hybridized carbons (Fsp3) is 0.219. The number of pyridine rings is 1. The SMILES string of the molecule is C/C=C(/Cn1c(-c2cc(C)ccc2F)ncc(NCCCc2ccccc2)c1=O)NCc1cc2cnccc2[nH]1. The second kappa shape index (κ2) is 12.4. The number of halogens is 1. The van der Waals surface area contributed by atoms with E-state index in [1.807, 2.05) is 56.5 Å². The molecule has 2 aromatic carbocycles. The van der Waals surface area contributed by atoms with E-state index in [-0.39, 0.29) is 12.1 Å². The predicted octanol–water partition coefficient (Wildman–Crippen LogP) is 5.97. The summed E-state index contributed by atoms with van der Waals surface area (Å²) < 4.78 is 16.5. The Hall–Kier alpha value is -4.72.